The van der Waals surface area contributed by atoms with Crippen molar-refractivity contribution in [3.63, 3.8) is 0 Å². The molecule has 6 fully saturated rings. The highest BCUT2D eigenvalue weighted by Gasteiger charge is 2.77. The zero-order valence-corrected chi connectivity index (χ0v) is 37.1. The fourth-order valence-corrected chi connectivity index (χ4v) is 15.7. The number of dihydropyridines is 1. The maximum atomic E-state index is 14.7. The summed E-state index contributed by atoms with van der Waals surface area (Å²) in [5, 5.41) is 52.0. The topological polar surface area (TPSA) is 158 Å². The predicted molar refractivity (Wildman–Crippen MR) is 232 cm³/mol. The molecule has 1 aromatic carbocycles. The van der Waals surface area contributed by atoms with Crippen molar-refractivity contribution < 1.29 is 34.7 Å². The van der Waals surface area contributed by atoms with Gasteiger partial charge in [0.25, 0.3) is 0 Å². The molecule has 3 aliphatic heterocycles. The first-order valence-corrected chi connectivity index (χ1v) is 23.7. The number of rotatable bonds is 11. The van der Waals surface area contributed by atoms with Gasteiger partial charge in [-0.05, 0) is 154 Å². The molecule has 0 unspecified atom stereocenters. The number of aliphatic hydroxyl groups excluding tert-OH is 2. The van der Waals surface area contributed by atoms with Crippen molar-refractivity contribution in [1.82, 2.24) is 5.32 Å². The number of aliphatic hydroxyl groups is 4. The highest BCUT2D eigenvalue weighted by Crippen LogP contribution is 2.76. The van der Waals surface area contributed by atoms with Crippen molar-refractivity contribution in [2.24, 2.45) is 57.0 Å². The number of nitrogens with two attached hydrogens (primary N) is 1. The van der Waals surface area contributed by atoms with Gasteiger partial charge in [0.05, 0.1) is 29.7 Å². The Bertz CT molecular complexity index is 1900. The molecule has 2 saturated heterocycles. The van der Waals surface area contributed by atoms with E-state index >= 15 is 0 Å². The van der Waals surface area contributed by atoms with Crippen LogP contribution in [0.5, 0.6) is 0 Å². The molecule has 330 valence electrons. The fraction of sp³-hybridized carbons (Fsp3) is 0.745. The first-order valence-electron chi connectivity index (χ1n) is 23.7. The fourth-order valence-electron chi connectivity index (χ4n) is 15.7. The molecule has 1 spiro atoms. The monoisotopic (exact) mass is 827 g/mol. The number of hydrogen-bond donors (Lipinski definition) is 6. The first-order chi connectivity index (χ1) is 28.5. The van der Waals surface area contributed by atoms with Gasteiger partial charge in [-0.2, -0.15) is 0 Å². The van der Waals surface area contributed by atoms with Crippen LogP contribution in [0.2, 0.25) is 0 Å². The van der Waals surface area contributed by atoms with Gasteiger partial charge in [0.2, 0.25) is 0 Å². The molecular weight excluding hydrogens is 753 g/mol. The minimum Gasteiger partial charge on any atom is -0.396 e. The Hall–Kier alpha value is -2.53. The van der Waals surface area contributed by atoms with Crippen molar-refractivity contribution >= 4 is 5.78 Å². The van der Waals surface area contributed by atoms with Gasteiger partial charge < -0.3 is 41.0 Å². The number of allylic oxidation sites excluding steroid dienone is 3. The van der Waals surface area contributed by atoms with E-state index in [1.807, 2.05) is 26.0 Å². The summed E-state index contributed by atoms with van der Waals surface area (Å²) in [5.74, 6) is 0.970. The molecule has 0 radical (unpaired) electrons. The maximum Gasteiger partial charge on any atom is 0.159 e. The van der Waals surface area contributed by atoms with Crippen molar-refractivity contribution in [3.05, 3.63) is 71.1 Å². The number of epoxide rings is 1. The highest BCUT2D eigenvalue weighted by molar-refractivity contribution is 5.95. The standard InChI is InChI=1S/C51H74N2O7/c1-32-18-24-59-50(28-32,44-43(60-44)48(5,57)45(2,31-54)21-15-34-17-23-53-41(52)25-34)40-16-22-51(58)38-27-39(56)37-26-36(55)30-49(19-9-10-20-49)47(37,4)42(38)35(29-46(40,51)3)14-13-33-11-7-6-8-12-33/h6-8,11-12,17,25,27,32,35-37,40,42-44,53-55,57-58H,9-10,13-16,18-24,26,28-31,52H2,1-5H3/t32-,35+,36-,37+,40+,42+,43+,44+,45+,46-,47+,48+,50-,51-/m1/s1. The van der Waals surface area contributed by atoms with Crippen LogP contribution in [0.3, 0.4) is 0 Å². The highest BCUT2D eigenvalue weighted by atomic mass is 16.6. The first kappa shape index (κ1) is 42.8. The Labute approximate surface area is 358 Å². The third-order valence-electron chi connectivity index (χ3n) is 19.3. The molecule has 5 aliphatic carbocycles. The van der Waals surface area contributed by atoms with Crippen molar-refractivity contribution in [2.45, 2.75) is 166 Å². The molecule has 0 amide bonds. The number of fused-ring (bicyclic) bond motifs is 6. The Balaban J connectivity index is 1.10. The number of carbonyl (C=O) groups excluding carboxylic acids is 1. The molecule has 3 heterocycles. The van der Waals surface area contributed by atoms with Crippen LogP contribution in [0, 0.1) is 51.2 Å². The molecule has 7 N–H and O–H groups in total. The molecule has 8 aliphatic rings. The summed E-state index contributed by atoms with van der Waals surface area (Å²) in [7, 11) is 0. The van der Waals surface area contributed by atoms with E-state index in [1.54, 1.807) is 0 Å². The molecule has 0 aromatic heterocycles. The lowest BCUT2D eigenvalue weighted by atomic mass is 9.37. The van der Waals surface area contributed by atoms with Gasteiger partial charge in [-0.15, -0.1) is 0 Å². The van der Waals surface area contributed by atoms with Crippen molar-refractivity contribution in [1.29, 1.82) is 0 Å². The lowest BCUT2D eigenvalue weighted by Crippen LogP contribution is -2.68. The Kier molecular flexibility index (Phi) is 10.7. The summed E-state index contributed by atoms with van der Waals surface area (Å²) < 4.78 is 14.0. The van der Waals surface area contributed by atoms with Gasteiger partial charge in [0.1, 0.15) is 17.8 Å². The number of benzene rings is 1. The van der Waals surface area contributed by atoms with Crippen LogP contribution in [-0.4, -0.2) is 81.1 Å². The SMILES string of the molecule is C[C@@H]1CCO[C@]([C@H]2CC[C@@]3(O)C4=CC(=O)[C@@H]5C[C@@H](O)CC6(CCCC6)[C@]5(C)[C@H]4[C@@H](CCc4ccccc4)C[C@]23C)([C@H]2O[C@@H]2[C@](C)(O)[C@](C)(CO)CCC2=CCNC(N)=C2)C1. The molecule has 0 bridgehead atoms. The quantitative estimate of drug-likeness (QED) is 0.129. The molecule has 9 rings (SSSR count). The van der Waals surface area contributed by atoms with Crippen LogP contribution in [0.25, 0.3) is 0 Å². The number of carbonyl (C=O) groups is 1. The minimum atomic E-state index is -1.37. The van der Waals surface area contributed by atoms with Gasteiger partial charge in [-0.3, -0.25) is 4.79 Å². The summed E-state index contributed by atoms with van der Waals surface area (Å²) in [4.78, 5) is 14.7. The van der Waals surface area contributed by atoms with E-state index in [4.69, 9.17) is 15.2 Å². The summed E-state index contributed by atoms with van der Waals surface area (Å²) in [6.45, 7) is 11.8. The van der Waals surface area contributed by atoms with Gasteiger partial charge >= 0.3 is 0 Å². The lowest BCUT2D eigenvalue weighted by molar-refractivity contribution is -0.212. The second-order valence-electron chi connectivity index (χ2n) is 22.3. The number of ketones is 1. The van der Waals surface area contributed by atoms with Crippen LogP contribution >= 0.6 is 0 Å². The van der Waals surface area contributed by atoms with Gasteiger partial charge in [0.15, 0.2) is 5.78 Å². The van der Waals surface area contributed by atoms with E-state index in [9.17, 15) is 25.2 Å². The molecule has 4 saturated carbocycles. The number of nitrogens with one attached hydrogen (secondary N) is 1. The Morgan fingerprint density at radius 3 is 2.45 bits per heavy atom. The number of aryl methyl sites for hydroxylation is 1. The smallest absolute Gasteiger partial charge is 0.159 e. The lowest BCUT2D eigenvalue weighted by Gasteiger charge is -2.67. The molecule has 1 aromatic rings. The van der Waals surface area contributed by atoms with Crippen molar-refractivity contribution in [2.75, 3.05) is 19.8 Å². The van der Waals surface area contributed by atoms with E-state index in [1.165, 1.54) is 5.56 Å². The Morgan fingerprint density at radius 1 is 1.00 bits per heavy atom. The largest absolute Gasteiger partial charge is 0.396 e. The number of hydrogen-bond acceptors (Lipinski definition) is 9. The van der Waals surface area contributed by atoms with E-state index in [0.29, 0.717) is 50.6 Å². The second kappa shape index (κ2) is 15.0. The summed E-state index contributed by atoms with van der Waals surface area (Å²) in [6.07, 6.45) is 16.9. The molecule has 9 heteroatoms. The third kappa shape index (κ3) is 6.31. The van der Waals surface area contributed by atoms with Crippen molar-refractivity contribution in [3.8, 4) is 0 Å². The van der Waals surface area contributed by atoms with Crippen LogP contribution in [-0.2, 0) is 20.7 Å². The van der Waals surface area contributed by atoms with Crippen LogP contribution in [0.1, 0.15) is 130 Å². The van der Waals surface area contributed by atoms with Gasteiger partial charge in [-0.25, -0.2) is 0 Å². The van der Waals surface area contributed by atoms with Gasteiger partial charge in [0, 0.05) is 29.9 Å². The molecular formula is C51H74N2O7. The summed E-state index contributed by atoms with van der Waals surface area (Å²) in [6, 6.07) is 10.8. The summed E-state index contributed by atoms with van der Waals surface area (Å²) >= 11 is 0. The zero-order valence-electron chi connectivity index (χ0n) is 37.1. The van der Waals surface area contributed by atoms with E-state index in [-0.39, 0.29) is 46.9 Å². The molecule has 14 atom stereocenters. The third-order valence-corrected chi connectivity index (χ3v) is 19.3. The van der Waals surface area contributed by atoms with E-state index < -0.39 is 45.9 Å². The van der Waals surface area contributed by atoms with E-state index in [0.717, 1.165) is 81.8 Å². The van der Waals surface area contributed by atoms with Crippen LogP contribution in [0.4, 0.5) is 0 Å². The van der Waals surface area contributed by atoms with Crippen LogP contribution < -0.4 is 11.1 Å². The average molecular weight is 827 g/mol. The Morgan fingerprint density at radius 2 is 1.75 bits per heavy atom. The molecule has 60 heavy (non-hydrogen) atoms. The average Bonchev–Trinajstić information content (AvgIpc) is 3.84. The van der Waals surface area contributed by atoms with Gasteiger partial charge in [-0.1, -0.05) is 76.9 Å². The zero-order chi connectivity index (χ0) is 42.5. The maximum absolute atomic E-state index is 14.7. The van der Waals surface area contributed by atoms with Crippen LogP contribution in [0.15, 0.2) is 65.5 Å². The normalized spacial score (nSPS) is 44.0. The minimum absolute atomic E-state index is 0.0321. The molecule has 9 nitrogen and oxygen atoms in total. The summed E-state index contributed by atoms with van der Waals surface area (Å²) in [5.41, 5.74) is 4.08. The predicted octanol–water partition coefficient (Wildman–Crippen LogP) is 7.06. The van der Waals surface area contributed by atoms with E-state index in [2.05, 4.69) is 62.5 Å². The number of ether oxygens (including phenoxy) is 2. The second-order valence-corrected chi connectivity index (χ2v) is 22.3.